The quantitative estimate of drug-likeness (QED) is 0.326. The number of hydrogen-bond acceptors (Lipinski definition) is 6. The first-order valence-electron chi connectivity index (χ1n) is 11.5. The zero-order valence-electron chi connectivity index (χ0n) is 21.3. The van der Waals surface area contributed by atoms with Crippen LogP contribution in [0.4, 0.5) is 0 Å². The van der Waals surface area contributed by atoms with Crippen molar-refractivity contribution in [2.75, 3.05) is 6.61 Å². The number of nitrogens with zero attached hydrogens (tertiary/aromatic N) is 3. The van der Waals surface area contributed by atoms with Gasteiger partial charge >= 0.3 is 5.97 Å². The first kappa shape index (κ1) is 27.2. The molecule has 0 aliphatic rings. The number of amides is 1. The van der Waals surface area contributed by atoms with Crippen molar-refractivity contribution in [1.82, 2.24) is 9.88 Å². The number of nitrogens with one attached hydrogen (secondary N) is 1. The van der Waals surface area contributed by atoms with Crippen molar-refractivity contribution in [3.8, 4) is 23.6 Å². The third-order valence-corrected chi connectivity index (χ3v) is 5.94. The van der Waals surface area contributed by atoms with Gasteiger partial charge in [0, 0.05) is 17.1 Å². The van der Waals surface area contributed by atoms with E-state index in [9.17, 15) is 20.1 Å². The second-order valence-electron chi connectivity index (χ2n) is 8.76. The molecule has 1 N–H and O–H groups in total. The van der Waals surface area contributed by atoms with Gasteiger partial charge in [0.1, 0.15) is 22.9 Å². The molecule has 0 aliphatic carbocycles. The second-order valence-corrected chi connectivity index (χ2v) is 8.76. The monoisotopic (exact) mass is 476 g/mol. The van der Waals surface area contributed by atoms with E-state index in [0.29, 0.717) is 12.2 Å². The lowest BCUT2D eigenvalue weighted by Crippen LogP contribution is -2.52. The molecule has 8 nitrogen and oxygen atoms in total. The predicted octanol–water partition coefficient (Wildman–Crippen LogP) is 4.39. The summed E-state index contributed by atoms with van der Waals surface area (Å²) in [6, 6.07) is 13.4. The van der Waals surface area contributed by atoms with Gasteiger partial charge in [-0.05, 0) is 82.5 Å². The van der Waals surface area contributed by atoms with Crippen LogP contribution in [0.3, 0.4) is 0 Å². The first-order chi connectivity index (χ1) is 16.5. The Morgan fingerprint density at radius 3 is 2.31 bits per heavy atom. The van der Waals surface area contributed by atoms with E-state index in [2.05, 4.69) is 11.4 Å². The Balaban J connectivity index is 2.24. The van der Waals surface area contributed by atoms with Gasteiger partial charge in [0.2, 0.25) is 0 Å². The van der Waals surface area contributed by atoms with Gasteiger partial charge in [0.05, 0.1) is 12.7 Å². The Kier molecular flexibility index (Phi) is 8.86. The van der Waals surface area contributed by atoms with Crippen LogP contribution in [-0.2, 0) is 14.3 Å². The highest BCUT2D eigenvalue weighted by Gasteiger charge is 2.33. The number of nitriles is 2. The van der Waals surface area contributed by atoms with Crippen molar-refractivity contribution in [2.45, 2.75) is 60.1 Å². The topological polar surface area (TPSA) is 117 Å². The van der Waals surface area contributed by atoms with E-state index in [1.807, 2.05) is 61.7 Å². The molecule has 8 heteroatoms. The highest BCUT2D eigenvalue weighted by Crippen LogP contribution is 2.25. The molecule has 2 aromatic rings. The van der Waals surface area contributed by atoms with E-state index >= 15 is 0 Å². The van der Waals surface area contributed by atoms with Crippen LogP contribution in [0, 0.1) is 42.4 Å². The molecule has 2 rings (SSSR count). The Hall–Kier alpha value is -4.04. The van der Waals surface area contributed by atoms with E-state index < -0.39 is 23.5 Å². The van der Waals surface area contributed by atoms with Gasteiger partial charge in [-0.15, -0.1) is 0 Å². The van der Waals surface area contributed by atoms with Crippen LogP contribution in [0.5, 0.6) is 5.75 Å². The number of benzene rings is 1. The summed E-state index contributed by atoms with van der Waals surface area (Å²) in [5.74, 6) is -0.902. The average molecular weight is 477 g/mol. The van der Waals surface area contributed by atoms with Crippen molar-refractivity contribution >= 4 is 18.0 Å². The zero-order valence-corrected chi connectivity index (χ0v) is 21.3. The van der Waals surface area contributed by atoms with Crippen LogP contribution < -0.4 is 10.1 Å². The minimum atomic E-state index is -1.18. The van der Waals surface area contributed by atoms with Crippen molar-refractivity contribution in [2.24, 2.45) is 5.92 Å². The summed E-state index contributed by atoms with van der Waals surface area (Å²) in [5, 5.41) is 21.6. The fourth-order valence-electron chi connectivity index (χ4n) is 3.42. The maximum atomic E-state index is 12.7. The maximum absolute atomic E-state index is 12.7. The molecule has 2 unspecified atom stereocenters. The molecule has 1 amide bonds. The second kappa shape index (κ2) is 11.4. The standard InChI is InChI=1S/C27H32N4O4/c1-8-34-24-11-9-23(10-12-24)31-18(4)13-21(19(31)5)14-22(15-28)26(33)35-20(6)25(32)30-27(7,16-29)17(2)3/h9-14,17,20H,8H2,1-7H3,(H,30,32)/b22-14+. The molecule has 2 atom stereocenters. The molecular weight excluding hydrogens is 444 g/mol. The third-order valence-electron chi connectivity index (χ3n) is 5.94. The van der Waals surface area contributed by atoms with Gasteiger partial charge in [-0.3, -0.25) is 4.79 Å². The van der Waals surface area contributed by atoms with Gasteiger partial charge in [-0.25, -0.2) is 4.79 Å². The minimum Gasteiger partial charge on any atom is -0.494 e. The maximum Gasteiger partial charge on any atom is 0.349 e. The molecule has 0 saturated heterocycles. The summed E-state index contributed by atoms with van der Waals surface area (Å²) >= 11 is 0. The molecule has 1 aromatic carbocycles. The molecule has 1 heterocycles. The number of hydrogen-bond donors (Lipinski definition) is 1. The number of aromatic nitrogens is 1. The number of ether oxygens (including phenoxy) is 2. The lowest BCUT2D eigenvalue weighted by molar-refractivity contribution is -0.151. The van der Waals surface area contributed by atoms with Crippen molar-refractivity contribution in [3.63, 3.8) is 0 Å². The van der Waals surface area contributed by atoms with Crippen molar-refractivity contribution in [3.05, 3.63) is 52.9 Å². The number of esters is 1. The Morgan fingerprint density at radius 1 is 1.17 bits per heavy atom. The predicted molar refractivity (Wildman–Crippen MR) is 133 cm³/mol. The molecule has 0 bridgehead atoms. The van der Waals surface area contributed by atoms with E-state index in [1.54, 1.807) is 20.8 Å². The van der Waals surface area contributed by atoms with Crippen LogP contribution in [0.25, 0.3) is 11.8 Å². The van der Waals surface area contributed by atoms with Crippen LogP contribution in [-0.4, -0.2) is 34.7 Å². The van der Waals surface area contributed by atoms with Crippen LogP contribution in [0.15, 0.2) is 35.9 Å². The molecule has 0 radical (unpaired) electrons. The SMILES string of the molecule is CCOc1ccc(-n2c(C)cc(/C=C(\C#N)C(=O)OC(C)C(=O)NC(C)(C#N)C(C)C)c2C)cc1. The lowest BCUT2D eigenvalue weighted by atomic mass is 9.90. The lowest BCUT2D eigenvalue weighted by Gasteiger charge is -2.28. The van der Waals surface area contributed by atoms with Crippen LogP contribution in [0.1, 0.15) is 51.6 Å². The molecule has 35 heavy (non-hydrogen) atoms. The number of aryl methyl sites for hydroxylation is 1. The summed E-state index contributed by atoms with van der Waals surface area (Å²) < 4.78 is 12.7. The Bertz CT molecular complexity index is 1200. The van der Waals surface area contributed by atoms with Crippen LogP contribution >= 0.6 is 0 Å². The number of carbonyl (C=O) groups is 2. The molecule has 0 aliphatic heterocycles. The van der Waals surface area contributed by atoms with Crippen LogP contribution in [0.2, 0.25) is 0 Å². The molecular formula is C27H32N4O4. The third kappa shape index (κ3) is 6.30. The van der Waals surface area contributed by atoms with Crippen molar-refractivity contribution < 1.29 is 19.1 Å². The highest BCUT2D eigenvalue weighted by molar-refractivity contribution is 5.99. The minimum absolute atomic E-state index is 0.153. The molecule has 0 spiro atoms. The number of carbonyl (C=O) groups excluding carboxylic acids is 2. The van der Waals surface area contributed by atoms with Gasteiger partial charge in [0.15, 0.2) is 6.10 Å². The molecule has 0 saturated carbocycles. The first-order valence-corrected chi connectivity index (χ1v) is 11.5. The van der Waals surface area contributed by atoms with Gasteiger partial charge in [-0.1, -0.05) is 13.8 Å². The summed E-state index contributed by atoms with van der Waals surface area (Å²) in [7, 11) is 0. The van der Waals surface area contributed by atoms with Gasteiger partial charge in [-0.2, -0.15) is 10.5 Å². The van der Waals surface area contributed by atoms with E-state index in [-0.39, 0.29) is 11.5 Å². The van der Waals surface area contributed by atoms with Crippen molar-refractivity contribution in [1.29, 1.82) is 10.5 Å². The zero-order chi connectivity index (χ0) is 26.3. The fraction of sp³-hybridized carbons (Fsp3) is 0.407. The fourth-order valence-corrected chi connectivity index (χ4v) is 3.42. The van der Waals surface area contributed by atoms with Gasteiger partial charge < -0.3 is 19.4 Å². The van der Waals surface area contributed by atoms with E-state index in [4.69, 9.17) is 9.47 Å². The number of rotatable bonds is 9. The largest absolute Gasteiger partial charge is 0.494 e. The average Bonchev–Trinajstić information content (AvgIpc) is 3.10. The smallest absolute Gasteiger partial charge is 0.349 e. The summed E-state index contributed by atoms with van der Waals surface area (Å²) in [4.78, 5) is 25.2. The highest BCUT2D eigenvalue weighted by atomic mass is 16.5. The molecule has 1 aromatic heterocycles. The van der Waals surface area contributed by atoms with Gasteiger partial charge in [0.25, 0.3) is 5.91 Å². The molecule has 0 fully saturated rings. The summed E-state index contributed by atoms with van der Waals surface area (Å²) in [6.07, 6.45) is 0.274. The Labute approximate surface area is 206 Å². The van der Waals surface area contributed by atoms with E-state index in [0.717, 1.165) is 22.8 Å². The van der Waals surface area contributed by atoms with E-state index in [1.165, 1.54) is 13.0 Å². The molecule has 184 valence electrons. The normalized spacial score (nSPS) is 13.8. The Morgan fingerprint density at radius 2 is 1.80 bits per heavy atom. The summed E-state index contributed by atoms with van der Waals surface area (Å²) in [5.41, 5.74) is 2.01. The summed E-state index contributed by atoms with van der Waals surface area (Å²) in [6.45, 7) is 12.9.